The summed E-state index contributed by atoms with van der Waals surface area (Å²) in [6.45, 7) is 0. The molecule has 11 rings (SSSR count). The SMILES string of the molecule is c1ccc(-c2ccc(N(c3ccc(-c4ccccc4-c4ccccc4)cc3)c3ccc(-c4ccccc4-n4c5ccccc5c5ccccc54)c(-c4ccccc4)c3)cc2)cc1. The zero-order valence-corrected chi connectivity index (χ0v) is 34.1. The maximum Gasteiger partial charge on any atom is 0.0541 e. The number of hydrogen-bond acceptors (Lipinski definition) is 1. The highest BCUT2D eigenvalue weighted by atomic mass is 15.1. The molecule has 62 heavy (non-hydrogen) atoms. The molecule has 0 saturated heterocycles. The van der Waals surface area contributed by atoms with Gasteiger partial charge in [0.1, 0.15) is 0 Å². The van der Waals surface area contributed by atoms with Gasteiger partial charge in [0, 0.05) is 33.4 Å². The van der Waals surface area contributed by atoms with E-state index in [9.17, 15) is 0 Å². The first-order chi connectivity index (χ1) is 30.8. The summed E-state index contributed by atoms with van der Waals surface area (Å²) in [5.74, 6) is 0. The van der Waals surface area contributed by atoms with Gasteiger partial charge in [-0.05, 0) is 105 Å². The van der Waals surface area contributed by atoms with Crippen LogP contribution in [0.5, 0.6) is 0 Å². The Morgan fingerprint density at radius 3 is 1.19 bits per heavy atom. The van der Waals surface area contributed by atoms with E-state index in [2.05, 4.69) is 264 Å². The lowest BCUT2D eigenvalue weighted by atomic mass is 9.92. The van der Waals surface area contributed by atoms with E-state index in [4.69, 9.17) is 0 Å². The van der Waals surface area contributed by atoms with E-state index >= 15 is 0 Å². The Morgan fingerprint density at radius 1 is 0.242 bits per heavy atom. The Bertz CT molecular complexity index is 3260. The van der Waals surface area contributed by atoms with Crippen LogP contribution in [-0.2, 0) is 0 Å². The second-order valence-electron chi connectivity index (χ2n) is 15.7. The van der Waals surface area contributed by atoms with Crippen molar-refractivity contribution in [2.24, 2.45) is 0 Å². The fourth-order valence-corrected chi connectivity index (χ4v) is 9.12. The van der Waals surface area contributed by atoms with Gasteiger partial charge in [0.15, 0.2) is 0 Å². The molecule has 0 aliphatic carbocycles. The van der Waals surface area contributed by atoms with E-state index in [-0.39, 0.29) is 0 Å². The molecule has 1 heterocycles. The van der Waals surface area contributed by atoms with Crippen LogP contribution in [0.25, 0.3) is 83.1 Å². The molecule has 10 aromatic carbocycles. The van der Waals surface area contributed by atoms with Crippen molar-refractivity contribution in [1.82, 2.24) is 4.57 Å². The number of hydrogen-bond donors (Lipinski definition) is 0. The van der Waals surface area contributed by atoms with Crippen LogP contribution in [0.4, 0.5) is 17.1 Å². The zero-order valence-electron chi connectivity index (χ0n) is 34.1. The van der Waals surface area contributed by atoms with Gasteiger partial charge in [-0.1, -0.05) is 200 Å². The molecule has 0 amide bonds. The minimum Gasteiger partial charge on any atom is -0.310 e. The summed E-state index contributed by atoms with van der Waals surface area (Å²) in [5, 5.41) is 2.50. The van der Waals surface area contributed by atoms with Gasteiger partial charge in [0.2, 0.25) is 0 Å². The van der Waals surface area contributed by atoms with Crippen LogP contribution in [-0.4, -0.2) is 4.57 Å². The topological polar surface area (TPSA) is 8.17 Å². The van der Waals surface area contributed by atoms with Crippen LogP contribution in [0.15, 0.2) is 255 Å². The third kappa shape index (κ3) is 6.74. The third-order valence-electron chi connectivity index (χ3n) is 12.0. The number of aromatic nitrogens is 1. The van der Waals surface area contributed by atoms with Gasteiger partial charge in [0.05, 0.1) is 16.7 Å². The van der Waals surface area contributed by atoms with Gasteiger partial charge >= 0.3 is 0 Å². The second kappa shape index (κ2) is 16.1. The van der Waals surface area contributed by atoms with Crippen molar-refractivity contribution in [3.63, 3.8) is 0 Å². The van der Waals surface area contributed by atoms with Gasteiger partial charge in [-0.2, -0.15) is 0 Å². The van der Waals surface area contributed by atoms with Crippen molar-refractivity contribution in [1.29, 1.82) is 0 Å². The molecule has 0 N–H and O–H groups in total. The van der Waals surface area contributed by atoms with Crippen molar-refractivity contribution in [2.45, 2.75) is 0 Å². The fraction of sp³-hybridized carbons (Fsp3) is 0. The highest BCUT2D eigenvalue weighted by Gasteiger charge is 2.21. The third-order valence-corrected chi connectivity index (χ3v) is 12.0. The van der Waals surface area contributed by atoms with Gasteiger partial charge in [-0.25, -0.2) is 0 Å². The Morgan fingerprint density at radius 2 is 0.629 bits per heavy atom. The quantitative estimate of drug-likeness (QED) is 0.141. The molecule has 0 fully saturated rings. The maximum atomic E-state index is 2.43. The minimum atomic E-state index is 1.08. The summed E-state index contributed by atoms with van der Waals surface area (Å²) in [4.78, 5) is 2.39. The number of fused-ring (bicyclic) bond motifs is 3. The van der Waals surface area contributed by atoms with E-state index in [0.717, 1.165) is 33.9 Å². The summed E-state index contributed by atoms with van der Waals surface area (Å²) < 4.78 is 2.43. The first-order valence-electron chi connectivity index (χ1n) is 21.3. The predicted molar refractivity (Wildman–Crippen MR) is 263 cm³/mol. The van der Waals surface area contributed by atoms with Crippen LogP contribution in [0.2, 0.25) is 0 Å². The highest BCUT2D eigenvalue weighted by Crippen LogP contribution is 2.44. The molecule has 292 valence electrons. The monoisotopic (exact) mass is 790 g/mol. The van der Waals surface area contributed by atoms with Gasteiger partial charge in [-0.3, -0.25) is 0 Å². The molecule has 0 atom stereocenters. The average Bonchev–Trinajstić information content (AvgIpc) is 3.69. The first-order valence-corrected chi connectivity index (χ1v) is 21.3. The standard InChI is InChI=1S/C60H42N2/c1-4-18-43(19-5-1)44-32-36-48(37-33-44)61(49-38-34-47(35-39-49)52-25-11-10-24-51(52)45-20-6-2-7-21-45)50-40-41-53(57(42-50)46-22-8-3-9-23-46)54-26-12-15-29-58(54)62-59-30-16-13-27-55(59)56-28-14-17-31-60(56)62/h1-42H. The van der Waals surface area contributed by atoms with E-state index < -0.39 is 0 Å². The van der Waals surface area contributed by atoms with E-state index in [1.165, 1.54) is 66.3 Å². The van der Waals surface area contributed by atoms with Gasteiger partial charge in [-0.15, -0.1) is 0 Å². The Balaban J connectivity index is 1.08. The molecule has 11 aromatic rings. The van der Waals surface area contributed by atoms with Crippen LogP contribution < -0.4 is 4.90 Å². The van der Waals surface area contributed by atoms with Crippen LogP contribution in [0.3, 0.4) is 0 Å². The predicted octanol–water partition coefficient (Wildman–Crippen LogP) is 16.6. The van der Waals surface area contributed by atoms with E-state index in [0.29, 0.717) is 0 Å². The molecular formula is C60H42N2. The summed E-state index contributed by atoms with van der Waals surface area (Å²) in [7, 11) is 0. The van der Waals surface area contributed by atoms with Crippen LogP contribution in [0.1, 0.15) is 0 Å². The second-order valence-corrected chi connectivity index (χ2v) is 15.7. The average molecular weight is 791 g/mol. The summed E-state index contributed by atoms with van der Waals surface area (Å²) in [6, 6.07) is 92.0. The van der Waals surface area contributed by atoms with Crippen molar-refractivity contribution in [3.05, 3.63) is 255 Å². The zero-order chi connectivity index (χ0) is 41.2. The molecule has 0 saturated carbocycles. The molecule has 0 bridgehead atoms. The molecule has 0 spiro atoms. The molecule has 2 nitrogen and oxygen atoms in total. The number of rotatable bonds is 9. The maximum absolute atomic E-state index is 2.43. The lowest BCUT2D eigenvalue weighted by molar-refractivity contribution is 1.18. The molecule has 2 heteroatoms. The molecule has 0 aliphatic heterocycles. The van der Waals surface area contributed by atoms with Crippen molar-refractivity contribution >= 4 is 38.9 Å². The van der Waals surface area contributed by atoms with Crippen LogP contribution >= 0.6 is 0 Å². The summed E-state index contributed by atoms with van der Waals surface area (Å²) >= 11 is 0. The number of benzene rings is 10. The lowest BCUT2D eigenvalue weighted by Crippen LogP contribution is -2.10. The Hall–Kier alpha value is -8.20. The molecule has 0 radical (unpaired) electrons. The summed E-state index contributed by atoms with van der Waals surface area (Å²) in [6.07, 6.45) is 0. The fourth-order valence-electron chi connectivity index (χ4n) is 9.12. The minimum absolute atomic E-state index is 1.08. The molecule has 0 aliphatic rings. The molecular weight excluding hydrogens is 749 g/mol. The Labute approximate surface area is 362 Å². The summed E-state index contributed by atoms with van der Waals surface area (Å²) in [5.41, 5.74) is 18.6. The molecule has 1 aromatic heterocycles. The van der Waals surface area contributed by atoms with E-state index in [1.54, 1.807) is 0 Å². The Kier molecular flexibility index (Phi) is 9.57. The first kappa shape index (κ1) is 36.8. The highest BCUT2D eigenvalue weighted by molar-refractivity contribution is 6.10. The largest absolute Gasteiger partial charge is 0.310 e. The van der Waals surface area contributed by atoms with E-state index in [1.807, 2.05) is 0 Å². The number of anilines is 3. The molecule has 0 unspecified atom stereocenters. The van der Waals surface area contributed by atoms with Gasteiger partial charge < -0.3 is 9.47 Å². The number of nitrogens with zero attached hydrogens (tertiary/aromatic N) is 2. The van der Waals surface area contributed by atoms with Crippen molar-refractivity contribution in [3.8, 4) is 61.3 Å². The van der Waals surface area contributed by atoms with Crippen molar-refractivity contribution in [2.75, 3.05) is 4.90 Å². The number of para-hydroxylation sites is 3. The normalized spacial score (nSPS) is 11.2. The van der Waals surface area contributed by atoms with Gasteiger partial charge in [0.25, 0.3) is 0 Å². The lowest BCUT2D eigenvalue weighted by Gasteiger charge is -2.27. The van der Waals surface area contributed by atoms with Crippen LogP contribution in [0, 0.1) is 0 Å². The van der Waals surface area contributed by atoms with Crippen molar-refractivity contribution < 1.29 is 0 Å². The smallest absolute Gasteiger partial charge is 0.0541 e.